The summed E-state index contributed by atoms with van der Waals surface area (Å²) in [4.78, 5) is 0. The second-order valence-electron chi connectivity index (χ2n) is 2.84. The normalized spacial score (nSPS) is 17.3. The van der Waals surface area contributed by atoms with Gasteiger partial charge in [0.1, 0.15) is 5.92 Å². The Balaban J connectivity index is 5.55. The van der Waals surface area contributed by atoms with Gasteiger partial charge in [0.25, 0.3) is 0 Å². The van der Waals surface area contributed by atoms with Gasteiger partial charge in [-0.15, -0.1) is 0 Å². The van der Waals surface area contributed by atoms with Gasteiger partial charge in [0.05, 0.1) is 0 Å². The van der Waals surface area contributed by atoms with Gasteiger partial charge in [0.2, 0.25) is 0 Å². The first-order valence-corrected chi connectivity index (χ1v) is 5.73. The Bertz CT molecular complexity index is 359. The standard InChI is InChI=1S/C5H4ClF7O2S/c1-2(4(9,10)11)3(7,8)5(12,13)16(6,14)15/h2H,1H3. The predicted molar refractivity (Wildman–Crippen MR) is 39.9 cm³/mol. The van der Waals surface area contributed by atoms with E-state index >= 15 is 0 Å². The zero-order valence-corrected chi connectivity index (χ0v) is 8.90. The van der Waals surface area contributed by atoms with Crippen LogP contribution in [0.3, 0.4) is 0 Å². The maximum Gasteiger partial charge on any atom is 0.421 e. The molecule has 11 heteroatoms. The van der Waals surface area contributed by atoms with Crippen molar-refractivity contribution < 1.29 is 39.2 Å². The van der Waals surface area contributed by atoms with Gasteiger partial charge >= 0.3 is 26.4 Å². The Morgan fingerprint density at radius 2 is 1.31 bits per heavy atom. The fraction of sp³-hybridized carbons (Fsp3) is 1.00. The summed E-state index contributed by atoms with van der Waals surface area (Å²) in [6.07, 6.45) is -5.69. The predicted octanol–water partition coefficient (Wildman–Crippen LogP) is 2.98. The van der Waals surface area contributed by atoms with E-state index in [9.17, 15) is 39.2 Å². The van der Waals surface area contributed by atoms with Gasteiger partial charge in [-0.3, -0.25) is 0 Å². The molecular weight excluding hydrogens is 293 g/mol. The monoisotopic (exact) mass is 296 g/mol. The van der Waals surface area contributed by atoms with E-state index in [4.69, 9.17) is 0 Å². The smallest absolute Gasteiger partial charge is 0.206 e. The maximum absolute atomic E-state index is 12.7. The summed E-state index contributed by atoms with van der Waals surface area (Å²) in [6.45, 7) is -0.268. The molecule has 0 amide bonds. The highest BCUT2D eigenvalue weighted by Gasteiger charge is 2.72. The van der Waals surface area contributed by atoms with Crippen LogP contribution < -0.4 is 0 Å². The van der Waals surface area contributed by atoms with Crippen LogP contribution in [0.15, 0.2) is 0 Å². The summed E-state index contributed by atoms with van der Waals surface area (Å²) in [5.41, 5.74) is 0. The highest BCUT2D eigenvalue weighted by molar-refractivity contribution is 8.14. The zero-order chi connectivity index (χ0) is 13.6. The van der Waals surface area contributed by atoms with Crippen molar-refractivity contribution in [3.05, 3.63) is 0 Å². The average Bonchev–Trinajstić information content (AvgIpc) is 1.98. The van der Waals surface area contributed by atoms with E-state index < -0.39 is 32.3 Å². The number of hydrogen-bond acceptors (Lipinski definition) is 2. The maximum atomic E-state index is 12.7. The van der Waals surface area contributed by atoms with Crippen molar-refractivity contribution in [2.75, 3.05) is 0 Å². The van der Waals surface area contributed by atoms with Gasteiger partial charge in [-0.1, -0.05) is 0 Å². The third kappa shape index (κ3) is 2.53. The number of halogens is 8. The molecule has 0 spiro atoms. The summed E-state index contributed by atoms with van der Waals surface area (Å²) in [6, 6.07) is 0. The summed E-state index contributed by atoms with van der Waals surface area (Å²) in [5.74, 6) is -9.71. The molecule has 2 nitrogen and oxygen atoms in total. The van der Waals surface area contributed by atoms with Crippen LogP contribution in [0.4, 0.5) is 30.7 Å². The lowest BCUT2D eigenvalue weighted by Gasteiger charge is -2.30. The van der Waals surface area contributed by atoms with E-state index in [2.05, 4.69) is 10.7 Å². The number of alkyl halides is 7. The molecule has 0 aliphatic carbocycles. The Kier molecular flexibility index (Phi) is 3.84. The average molecular weight is 297 g/mol. The first kappa shape index (κ1) is 15.8. The molecule has 16 heavy (non-hydrogen) atoms. The van der Waals surface area contributed by atoms with E-state index in [0.29, 0.717) is 0 Å². The largest absolute Gasteiger partial charge is 0.421 e. The topological polar surface area (TPSA) is 34.1 Å². The minimum absolute atomic E-state index is 0.268. The lowest BCUT2D eigenvalue weighted by atomic mass is 10.0. The molecule has 0 bridgehead atoms. The van der Waals surface area contributed by atoms with Gasteiger partial charge in [-0.25, -0.2) is 8.42 Å². The van der Waals surface area contributed by atoms with Crippen molar-refractivity contribution in [2.45, 2.75) is 24.3 Å². The van der Waals surface area contributed by atoms with Gasteiger partial charge in [-0.05, 0) is 6.92 Å². The summed E-state index contributed by atoms with van der Waals surface area (Å²) in [5, 5.41) is -6.00. The molecule has 0 aliphatic rings. The summed E-state index contributed by atoms with van der Waals surface area (Å²) >= 11 is 0. The lowest BCUT2D eigenvalue weighted by molar-refractivity contribution is -0.276. The molecule has 0 saturated heterocycles. The third-order valence-corrected chi connectivity index (χ3v) is 3.20. The van der Waals surface area contributed by atoms with Crippen LogP contribution in [0.25, 0.3) is 0 Å². The molecule has 1 atom stereocenters. The highest BCUT2D eigenvalue weighted by Crippen LogP contribution is 2.49. The van der Waals surface area contributed by atoms with Crippen LogP contribution in [0.1, 0.15) is 6.92 Å². The van der Waals surface area contributed by atoms with E-state index in [-0.39, 0.29) is 6.92 Å². The van der Waals surface area contributed by atoms with Gasteiger partial charge < -0.3 is 0 Å². The number of hydrogen-bond donors (Lipinski definition) is 0. The van der Waals surface area contributed by atoms with Crippen molar-refractivity contribution in [2.24, 2.45) is 5.92 Å². The SMILES string of the molecule is CC(C(F)(F)F)C(F)(F)C(F)(F)S(=O)(=O)Cl. The minimum Gasteiger partial charge on any atom is -0.206 e. The van der Waals surface area contributed by atoms with Gasteiger partial charge in [0, 0.05) is 10.7 Å². The Morgan fingerprint density at radius 1 is 1.00 bits per heavy atom. The minimum atomic E-state index is -6.18. The molecule has 0 saturated carbocycles. The van der Waals surface area contributed by atoms with Crippen LogP contribution in [-0.2, 0) is 9.05 Å². The molecule has 0 heterocycles. The molecule has 0 aromatic rings. The van der Waals surface area contributed by atoms with Crippen LogP contribution in [0.5, 0.6) is 0 Å². The van der Waals surface area contributed by atoms with Crippen molar-refractivity contribution in [3.8, 4) is 0 Å². The first-order valence-electron chi connectivity index (χ1n) is 3.42. The van der Waals surface area contributed by atoms with Crippen LogP contribution >= 0.6 is 10.7 Å². The molecule has 98 valence electrons. The molecule has 0 radical (unpaired) electrons. The molecule has 0 aromatic heterocycles. The Labute approximate surface area is 89.8 Å². The second-order valence-corrected chi connectivity index (χ2v) is 5.45. The van der Waals surface area contributed by atoms with Gasteiger partial charge in [0.15, 0.2) is 0 Å². The highest BCUT2D eigenvalue weighted by atomic mass is 35.7. The molecule has 0 fully saturated rings. The fourth-order valence-electron chi connectivity index (χ4n) is 0.620. The van der Waals surface area contributed by atoms with Crippen LogP contribution in [0.2, 0.25) is 0 Å². The third-order valence-electron chi connectivity index (χ3n) is 1.73. The molecule has 0 aliphatic heterocycles. The lowest BCUT2D eigenvalue weighted by Crippen LogP contribution is -2.53. The zero-order valence-electron chi connectivity index (χ0n) is 7.33. The van der Waals surface area contributed by atoms with E-state index in [1.165, 1.54) is 0 Å². The van der Waals surface area contributed by atoms with Crippen molar-refractivity contribution >= 4 is 19.7 Å². The second kappa shape index (κ2) is 3.90. The van der Waals surface area contributed by atoms with E-state index in [1.54, 1.807) is 0 Å². The Morgan fingerprint density at radius 3 is 1.50 bits per heavy atom. The summed E-state index contributed by atoms with van der Waals surface area (Å²) < 4.78 is 106. The van der Waals surface area contributed by atoms with Crippen LogP contribution in [-0.4, -0.2) is 25.8 Å². The molecule has 1 unspecified atom stereocenters. The molecule has 0 rings (SSSR count). The van der Waals surface area contributed by atoms with E-state index in [1.807, 2.05) is 0 Å². The molecular formula is C5H4ClF7O2S. The molecule has 0 aromatic carbocycles. The Hall–Kier alpha value is -0.250. The summed E-state index contributed by atoms with van der Waals surface area (Å²) in [7, 11) is -2.20. The first-order chi connectivity index (χ1) is 6.65. The van der Waals surface area contributed by atoms with Crippen molar-refractivity contribution in [1.29, 1.82) is 0 Å². The fourth-order valence-corrected chi connectivity index (χ4v) is 1.43. The van der Waals surface area contributed by atoms with E-state index in [0.717, 1.165) is 0 Å². The van der Waals surface area contributed by atoms with Crippen molar-refractivity contribution in [3.63, 3.8) is 0 Å². The van der Waals surface area contributed by atoms with Crippen LogP contribution in [0, 0.1) is 5.92 Å². The number of rotatable bonds is 3. The van der Waals surface area contributed by atoms with Gasteiger partial charge in [-0.2, -0.15) is 30.7 Å². The molecule has 0 N–H and O–H groups in total. The van der Waals surface area contributed by atoms with Crippen molar-refractivity contribution in [1.82, 2.24) is 0 Å². The quantitative estimate of drug-likeness (QED) is 0.593.